The zero-order chi connectivity index (χ0) is 25.9. The molecule has 1 aliphatic heterocycles. The van der Waals surface area contributed by atoms with Gasteiger partial charge in [0, 0.05) is 49.4 Å². The fourth-order valence-corrected chi connectivity index (χ4v) is 5.94. The molecule has 0 bridgehead atoms. The molecule has 3 atom stereocenters. The Labute approximate surface area is 213 Å². The Balaban J connectivity index is 1.64. The quantitative estimate of drug-likeness (QED) is 0.598. The van der Waals surface area contributed by atoms with E-state index in [2.05, 4.69) is 16.8 Å². The summed E-state index contributed by atoms with van der Waals surface area (Å²) in [6.07, 6.45) is 5.26. The molecular weight excluding hydrogens is 478 g/mol. The van der Waals surface area contributed by atoms with Crippen LogP contribution in [-0.4, -0.2) is 72.5 Å². The summed E-state index contributed by atoms with van der Waals surface area (Å²) in [6.45, 7) is 3.72. The summed E-state index contributed by atoms with van der Waals surface area (Å²) >= 11 is 0. The number of benzene rings is 1. The molecule has 0 radical (unpaired) electrons. The summed E-state index contributed by atoms with van der Waals surface area (Å²) in [5.41, 5.74) is 1.55. The molecule has 8 nitrogen and oxygen atoms in total. The number of aliphatic hydroxyl groups is 1. The lowest BCUT2D eigenvalue weighted by Crippen LogP contribution is -2.50. The van der Waals surface area contributed by atoms with Gasteiger partial charge in [-0.05, 0) is 55.7 Å². The van der Waals surface area contributed by atoms with Crippen molar-refractivity contribution >= 4 is 15.9 Å². The van der Waals surface area contributed by atoms with Crippen LogP contribution in [0.3, 0.4) is 0 Å². The Hall–Kier alpha value is -2.93. The summed E-state index contributed by atoms with van der Waals surface area (Å²) in [5, 5.41) is 9.80. The maximum absolute atomic E-state index is 13.6. The Morgan fingerprint density at radius 1 is 1.28 bits per heavy atom. The molecule has 1 aromatic heterocycles. The zero-order valence-corrected chi connectivity index (χ0v) is 21.7. The van der Waals surface area contributed by atoms with Crippen molar-refractivity contribution in [2.75, 3.05) is 26.7 Å². The summed E-state index contributed by atoms with van der Waals surface area (Å²) in [5.74, 6) is 6.63. The predicted octanol–water partition coefficient (Wildman–Crippen LogP) is 2.31. The number of sulfonamides is 1. The molecule has 0 saturated heterocycles. The summed E-state index contributed by atoms with van der Waals surface area (Å²) in [6, 6.07) is 7.91. The molecule has 9 heteroatoms. The number of pyridine rings is 1. The van der Waals surface area contributed by atoms with Gasteiger partial charge in [-0.1, -0.05) is 18.8 Å². The van der Waals surface area contributed by atoms with Gasteiger partial charge < -0.3 is 14.7 Å². The maximum Gasteiger partial charge on any atom is 0.247 e. The van der Waals surface area contributed by atoms with Crippen molar-refractivity contribution in [1.82, 2.24) is 14.2 Å². The number of nitrogens with zero attached hydrogens (tertiary/aromatic N) is 3. The minimum absolute atomic E-state index is 0.0439. The van der Waals surface area contributed by atoms with Crippen LogP contribution in [-0.2, 0) is 21.2 Å². The van der Waals surface area contributed by atoms with E-state index < -0.39 is 22.2 Å². The van der Waals surface area contributed by atoms with Gasteiger partial charge in [0.2, 0.25) is 15.9 Å². The first kappa shape index (κ1) is 26.1. The molecule has 4 rings (SSSR count). The van der Waals surface area contributed by atoms with Gasteiger partial charge in [0.05, 0.1) is 19.6 Å². The number of likely N-dealkylation sites (N-methyl/N-ethyl adjacent to an activating group) is 1. The van der Waals surface area contributed by atoms with Crippen molar-refractivity contribution in [1.29, 1.82) is 0 Å². The van der Waals surface area contributed by atoms with E-state index >= 15 is 0 Å². The Kier molecular flexibility index (Phi) is 7.98. The number of carbonyl (C=O) groups excluding carboxylic acids is 1. The third-order valence-electron chi connectivity index (χ3n) is 6.65. The van der Waals surface area contributed by atoms with Gasteiger partial charge in [0.15, 0.2) is 0 Å². The molecule has 0 spiro atoms. The summed E-state index contributed by atoms with van der Waals surface area (Å²) in [4.78, 5) is 18.6. The summed E-state index contributed by atoms with van der Waals surface area (Å²) < 4.78 is 34.8. The van der Waals surface area contributed by atoms with Crippen LogP contribution in [0.1, 0.15) is 37.8 Å². The molecule has 1 N–H and O–H groups in total. The van der Waals surface area contributed by atoms with Gasteiger partial charge in [-0.3, -0.25) is 9.78 Å². The van der Waals surface area contributed by atoms with E-state index in [1.54, 1.807) is 55.5 Å². The van der Waals surface area contributed by atoms with E-state index in [1.165, 1.54) is 10.4 Å². The first-order chi connectivity index (χ1) is 17.2. The first-order valence-corrected chi connectivity index (χ1v) is 13.7. The van der Waals surface area contributed by atoms with Crippen molar-refractivity contribution in [2.45, 2.75) is 50.2 Å². The molecule has 2 heterocycles. The van der Waals surface area contributed by atoms with Crippen LogP contribution in [0.5, 0.6) is 5.75 Å². The standard InChI is InChI=1S/C27H33N3O5S/c1-19-16-30(20(2)18-31)36(33,34)26-9-8-22(7-6-21-4-5-21)14-24(26)35-25(19)17-29(3)27(32)15-23-10-12-28-13-11-23/h8-14,19-21,25,31H,4-5,15-18H2,1-3H3/t19-,20-,25+/m1/s1. The second-order valence-corrected chi connectivity index (χ2v) is 11.6. The molecule has 36 heavy (non-hydrogen) atoms. The highest BCUT2D eigenvalue weighted by atomic mass is 32.2. The number of hydrogen-bond acceptors (Lipinski definition) is 6. The van der Waals surface area contributed by atoms with Crippen molar-refractivity contribution < 1.29 is 23.1 Å². The molecular formula is C27H33N3O5S. The van der Waals surface area contributed by atoms with Crippen LogP contribution < -0.4 is 4.74 Å². The second kappa shape index (κ2) is 11.0. The number of rotatable bonds is 6. The molecule has 192 valence electrons. The van der Waals surface area contributed by atoms with Crippen molar-refractivity contribution in [3.63, 3.8) is 0 Å². The average molecular weight is 512 g/mol. The lowest BCUT2D eigenvalue weighted by atomic mass is 10.0. The van der Waals surface area contributed by atoms with E-state index in [0.29, 0.717) is 11.5 Å². The monoisotopic (exact) mass is 511 g/mol. The molecule has 1 saturated carbocycles. The largest absolute Gasteiger partial charge is 0.487 e. The molecule has 1 fully saturated rings. The highest BCUT2D eigenvalue weighted by molar-refractivity contribution is 7.89. The highest BCUT2D eigenvalue weighted by Gasteiger charge is 2.38. The van der Waals surface area contributed by atoms with Gasteiger partial charge in [0.25, 0.3) is 0 Å². The van der Waals surface area contributed by atoms with Gasteiger partial charge in [0.1, 0.15) is 16.7 Å². The lowest BCUT2D eigenvalue weighted by Gasteiger charge is -2.37. The van der Waals surface area contributed by atoms with Crippen LogP contribution in [0.2, 0.25) is 0 Å². The van der Waals surface area contributed by atoms with E-state index in [9.17, 15) is 18.3 Å². The molecule has 2 aromatic rings. The zero-order valence-electron chi connectivity index (χ0n) is 20.9. The third-order valence-corrected chi connectivity index (χ3v) is 8.67. The van der Waals surface area contributed by atoms with Gasteiger partial charge >= 0.3 is 0 Å². The predicted molar refractivity (Wildman–Crippen MR) is 136 cm³/mol. The van der Waals surface area contributed by atoms with Crippen LogP contribution in [0, 0.1) is 23.7 Å². The van der Waals surface area contributed by atoms with Crippen LogP contribution in [0.25, 0.3) is 0 Å². The van der Waals surface area contributed by atoms with E-state index in [-0.39, 0.29) is 48.6 Å². The maximum atomic E-state index is 13.6. The van der Waals surface area contributed by atoms with Gasteiger partial charge in [-0.2, -0.15) is 4.31 Å². The minimum Gasteiger partial charge on any atom is -0.487 e. The van der Waals surface area contributed by atoms with E-state index in [4.69, 9.17) is 4.74 Å². The van der Waals surface area contributed by atoms with E-state index in [0.717, 1.165) is 18.4 Å². The molecule has 1 aliphatic carbocycles. The van der Waals surface area contributed by atoms with Crippen molar-refractivity contribution in [3.8, 4) is 17.6 Å². The third kappa shape index (κ3) is 6.06. The Bertz CT molecular complexity index is 1250. The van der Waals surface area contributed by atoms with Crippen LogP contribution in [0.4, 0.5) is 0 Å². The number of hydrogen-bond donors (Lipinski definition) is 1. The van der Waals surface area contributed by atoms with Crippen molar-refractivity contribution in [3.05, 3.63) is 53.9 Å². The normalized spacial score (nSPS) is 22.1. The lowest BCUT2D eigenvalue weighted by molar-refractivity contribution is -0.130. The minimum atomic E-state index is -3.92. The molecule has 2 aliphatic rings. The number of carbonyl (C=O) groups is 1. The highest BCUT2D eigenvalue weighted by Crippen LogP contribution is 2.34. The first-order valence-electron chi connectivity index (χ1n) is 12.3. The Morgan fingerprint density at radius 3 is 2.67 bits per heavy atom. The fourth-order valence-electron chi connectivity index (χ4n) is 4.12. The van der Waals surface area contributed by atoms with E-state index in [1.807, 2.05) is 6.92 Å². The number of fused-ring (bicyclic) bond motifs is 1. The summed E-state index contributed by atoms with van der Waals surface area (Å²) in [7, 11) is -2.19. The molecule has 0 unspecified atom stereocenters. The Morgan fingerprint density at radius 2 is 2.00 bits per heavy atom. The van der Waals surface area contributed by atoms with Crippen molar-refractivity contribution in [2.24, 2.45) is 11.8 Å². The van der Waals surface area contributed by atoms with Gasteiger partial charge in [-0.15, -0.1) is 0 Å². The van der Waals surface area contributed by atoms with Crippen LogP contribution in [0.15, 0.2) is 47.6 Å². The molecule has 1 amide bonds. The fraction of sp³-hybridized carbons (Fsp3) is 0.481. The average Bonchev–Trinajstić information content (AvgIpc) is 3.69. The SMILES string of the molecule is C[C@@H]1CN([C@H](C)CO)S(=O)(=O)c2ccc(C#CC3CC3)cc2O[C@H]1CN(C)C(=O)Cc1ccncc1. The second-order valence-electron chi connectivity index (χ2n) is 9.75. The van der Waals surface area contributed by atoms with Crippen LogP contribution >= 0.6 is 0 Å². The number of amides is 1. The number of aliphatic hydroxyl groups excluding tert-OH is 1. The van der Waals surface area contributed by atoms with Gasteiger partial charge in [-0.25, -0.2) is 8.42 Å². The number of ether oxygens (including phenoxy) is 1. The number of aromatic nitrogens is 1. The smallest absolute Gasteiger partial charge is 0.247 e. The topological polar surface area (TPSA) is 100 Å². The molecule has 1 aromatic carbocycles.